The molecule has 3 nitrogen and oxygen atoms in total. The average molecular weight is 145 g/mol. The maximum absolute atomic E-state index is 12.2. The minimum Gasteiger partial charge on any atom is -0.423 e. The first-order valence-electron chi connectivity index (χ1n) is 2.74. The molecule has 0 aromatic heterocycles. The summed E-state index contributed by atoms with van der Waals surface area (Å²) in [7, 11) is -0.324. The van der Waals surface area contributed by atoms with E-state index in [1.165, 1.54) is 14.0 Å². The van der Waals surface area contributed by atoms with E-state index in [-0.39, 0.29) is 5.47 Å². The predicted octanol–water partition coefficient (Wildman–Crippen LogP) is -0.0575. The van der Waals surface area contributed by atoms with Crippen molar-refractivity contribution in [3.05, 3.63) is 11.5 Å². The van der Waals surface area contributed by atoms with Crippen LogP contribution in [0.3, 0.4) is 0 Å². The van der Waals surface area contributed by atoms with Gasteiger partial charge in [0.05, 0.1) is 0 Å². The highest BCUT2D eigenvalue weighted by molar-refractivity contribution is 6.51. The lowest BCUT2D eigenvalue weighted by molar-refractivity contribution is 0.419. The summed E-state index contributed by atoms with van der Waals surface area (Å²) in [4.78, 5) is 3.16. The number of rotatable bonds is 2. The van der Waals surface area contributed by atoms with E-state index in [4.69, 9.17) is 10.0 Å². The Bertz CT molecular complexity index is 167. The molecule has 0 aromatic rings. The Kier molecular flexibility index (Phi) is 3.91. The summed E-state index contributed by atoms with van der Waals surface area (Å²) < 4.78 is 12.2. The van der Waals surface area contributed by atoms with Crippen molar-refractivity contribution in [3.8, 4) is 0 Å². The zero-order valence-corrected chi connectivity index (χ0v) is 5.87. The quantitative estimate of drug-likeness (QED) is 0.422. The molecule has 0 amide bonds. The van der Waals surface area contributed by atoms with Crippen LogP contribution in [0, 0.1) is 0 Å². The Labute approximate surface area is 59.1 Å². The van der Waals surface area contributed by atoms with E-state index >= 15 is 0 Å². The van der Waals surface area contributed by atoms with E-state index in [1.807, 2.05) is 0 Å². The van der Waals surface area contributed by atoms with Crippen molar-refractivity contribution >= 4 is 13.1 Å². The minimum atomic E-state index is -1.60. The van der Waals surface area contributed by atoms with Gasteiger partial charge in [-0.1, -0.05) is 0 Å². The van der Waals surface area contributed by atoms with Crippen LogP contribution in [-0.2, 0) is 0 Å². The van der Waals surface area contributed by atoms with Crippen LogP contribution in [0.5, 0.6) is 0 Å². The zero-order valence-electron chi connectivity index (χ0n) is 5.87. The van der Waals surface area contributed by atoms with E-state index in [0.29, 0.717) is 0 Å². The van der Waals surface area contributed by atoms with E-state index in [9.17, 15) is 4.39 Å². The molecule has 5 heteroatoms. The third-order valence-corrected chi connectivity index (χ3v) is 0.968. The first-order valence-corrected chi connectivity index (χ1v) is 2.74. The molecule has 0 saturated carbocycles. The van der Waals surface area contributed by atoms with Crippen LogP contribution < -0.4 is 0 Å². The molecule has 0 aliphatic heterocycles. The highest BCUT2D eigenvalue weighted by atomic mass is 19.1. The number of aliphatic imine (C=N–C) groups is 1. The minimum absolute atomic E-state index is 0.128. The lowest BCUT2D eigenvalue weighted by atomic mass is 9.80. The molecule has 0 aliphatic rings. The van der Waals surface area contributed by atoms with Crippen LogP contribution in [0.2, 0.25) is 0 Å². The van der Waals surface area contributed by atoms with Gasteiger partial charge in [-0.25, -0.2) is 0 Å². The summed E-state index contributed by atoms with van der Waals surface area (Å²) >= 11 is 0. The lowest BCUT2D eigenvalue weighted by Gasteiger charge is -1.94. The van der Waals surface area contributed by atoms with Gasteiger partial charge in [-0.15, -0.1) is 0 Å². The predicted molar refractivity (Wildman–Crippen MR) is 38.4 cm³/mol. The number of allylic oxidation sites excluding steroid dienone is 2. The molecule has 0 atom stereocenters. The van der Waals surface area contributed by atoms with Crippen molar-refractivity contribution in [2.75, 3.05) is 7.05 Å². The lowest BCUT2D eigenvalue weighted by Crippen LogP contribution is -2.13. The summed E-state index contributed by atoms with van der Waals surface area (Å²) in [6.07, 6.45) is 0.963. The van der Waals surface area contributed by atoms with Crippen LogP contribution in [0.1, 0.15) is 6.92 Å². The SMILES string of the molecule is CN=C(F)/C=C(\C)B(O)O. The highest BCUT2D eigenvalue weighted by Gasteiger charge is 2.09. The van der Waals surface area contributed by atoms with Gasteiger partial charge in [-0.2, -0.15) is 4.39 Å². The molecule has 0 aromatic carbocycles. The molecule has 0 heterocycles. The fourth-order valence-electron chi connectivity index (χ4n) is 0.327. The summed E-state index contributed by atoms with van der Waals surface area (Å²) in [6.45, 7) is 1.40. The van der Waals surface area contributed by atoms with Gasteiger partial charge in [0.25, 0.3) is 0 Å². The molecule has 0 rings (SSSR count). The van der Waals surface area contributed by atoms with Gasteiger partial charge in [0.15, 0.2) is 0 Å². The van der Waals surface area contributed by atoms with E-state index in [0.717, 1.165) is 6.08 Å². The summed E-state index contributed by atoms with van der Waals surface area (Å²) in [5.41, 5.74) is 0.128. The maximum Gasteiger partial charge on any atom is 0.484 e. The molecule has 10 heavy (non-hydrogen) atoms. The second-order valence-corrected chi connectivity index (χ2v) is 1.81. The Balaban J connectivity index is 4.17. The maximum atomic E-state index is 12.2. The van der Waals surface area contributed by atoms with Gasteiger partial charge in [0.2, 0.25) is 5.97 Å². The van der Waals surface area contributed by atoms with Gasteiger partial charge < -0.3 is 10.0 Å². The van der Waals surface area contributed by atoms with E-state index in [1.54, 1.807) is 0 Å². The van der Waals surface area contributed by atoms with Crippen molar-refractivity contribution in [2.24, 2.45) is 4.99 Å². The average Bonchev–Trinajstić information content (AvgIpc) is 1.87. The second kappa shape index (κ2) is 4.19. The van der Waals surface area contributed by atoms with Crippen molar-refractivity contribution in [1.82, 2.24) is 0 Å². The molecule has 0 bridgehead atoms. The second-order valence-electron chi connectivity index (χ2n) is 1.81. The molecule has 0 radical (unpaired) electrons. The van der Waals surface area contributed by atoms with E-state index in [2.05, 4.69) is 4.99 Å². The van der Waals surface area contributed by atoms with Crippen molar-refractivity contribution in [2.45, 2.75) is 6.92 Å². The fourth-order valence-corrected chi connectivity index (χ4v) is 0.327. The molecular formula is C5H9BFNO2. The largest absolute Gasteiger partial charge is 0.484 e. The van der Waals surface area contributed by atoms with Crippen LogP contribution in [0.4, 0.5) is 4.39 Å². The first kappa shape index (κ1) is 9.32. The van der Waals surface area contributed by atoms with Crippen molar-refractivity contribution in [3.63, 3.8) is 0 Å². The Morgan fingerprint density at radius 3 is 2.40 bits per heavy atom. The molecule has 0 saturated heterocycles. The van der Waals surface area contributed by atoms with Crippen LogP contribution >= 0.6 is 0 Å². The fraction of sp³-hybridized carbons (Fsp3) is 0.400. The smallest absolute Gasteiger partial charge is 0.423 e. The third-order valence-electron chi connectivity index (χ3n) is 0.968. The normalized spacial score (nSPS) is 13.7. The summed E-state index contributed by atoms with van der Waals surface area (Å²) in [5.74, 6) is -0.717. The monoisotopic (exact) mass is 145 g/mol. The molecule has 0 aliphatic carbocycles. The Hall–Kier alpha value is -0.675. The topological polar surface area (TPSA) is 52.8 Å². The molecule has 0 spiro atoms. The van der Waals surface area contributed by atoms with Crippen molar-refractivity contribution < 1.29 is 14.4 Å². The summed E-state index contributed by atoms with van der Waals surface area (Å²) in [6, 6.07) is 0. The van der Waals surface area contributed by atoms with Gasteiger partial charge in [0.1, 0.15) is 0 Å². The Morgan fingerprint density at radius 2 is 2.10 bits per heavy atom. The molecule has 0 fully saturated rings. The van der Waals surface area contributed by atoms with Crippen LogP contribution in [0.15, 0.2) is 16.5 Å². The molecule has 0 unspecified atom stereocenters. The summed E-state index contributed by atoms with van der Waals surface area (Å²) in [5, 5.41) is 16.9. The van der Waals surface area contributed by atoms with Gasteiger partial charge in [-0.05, 0) is 18.5 Å². The highest BCUT2D eigenvalue weighted by Crippen LogP contribution is 1.95. The van der Waals surface area contributed by atoms with E-state index < -0.39 is 13.1 Å². The molecule has 2 N–H and O–H groups in total. The number of hydrogen-bond donors (Lipinski definition) is 2. The van der Waals surface area contributed by atoms with Gasteiger partial charge in [0, 0.05) is 7.05 Å². The molecular weight excluding hydrogens is 136 g/mol. The van der Waals surface area contributed by atoms with Gasteiger partial charge in [-0.3, -0.25) is 4.99 Å². The van der Waals surface area contributed by atoms with Crippen molar-refractivity contribution in [1.29, 1.82) is 0 Å². The molecule has 56 valence electrons. The van der Waals surface area contributed by atoms with Crippen LogP contribution in [0.25, 0.3) is 0 Å². The Morgan fingerprint density at radius 1 is 1.60 bits per heavy atom. The standard InChI is InChI=1S/C5H9BFNO2/c1-4(6(9)10)3-5(7)8-2/h3,9-10H,1-2H3/b4-3+,8-5?. The number of halogens is 1. The first-order chi connectivity index (χ1) is 4.57. The zero-order chi connectivity index (χ0) is 8.15. The van der Waals surface area contributed by atoms with Gasteiger partial charge >= 0.3 is 7.12 Å². The number of nitrogens with zero attached hydrogens (tertiary/aromatic N) is 1. The van der Waals surface area contributed by atoms with Crippen LogP contribution in [-0.4, -0.2) is 30.2 Å². The third kappa shape index (κ3) is 3.37. The number of hydrogen-bond acceptors (Lipinski definition) is 3.